The summed E-state index contributed by atoms with van der Waals surface area (Å²) in [5, 5.41) is 14.3. The van der Waals surface area contributed by atoms with Crippen molar-refractivity contribution in [2.45, 2.75) is 45.3 Å². The predicted octanol–water partition coefficient (Wildman–Crippen LogP) is 2.02. The third kappa shape index (κ3) is 3.14. The number of nitrogens with one attached hydrogen (secondary N) is 2. The molecule has 1 aliphatic rings. The van der Waals surface area contributed by atoms with Crippen molar-refractivity contribution < 1.29 is 9.59 Å². The van der Waals surface area contributed by atoms with Gasteiger partial charge >= 0.3 is 0 Å². The third-order valence-corrected chi connectivity index (χ3v) is 4.97. The summed E-state index contributed by atoms with van der Waals surface area (Å²) >= 11 is 1.58. The topological polar surface area (TPSA) is 76.0 Å². The SMILES string of the molecule is CCn1ncc(C(=O)N[C@@H]2CCC(=O)N[C@H]2c2ccsc2)c1C. The highest BCUT2D eigenvalue weighted by Crippen LogP contribution is 2.26. The summed E-state index contributed by atoms with van der Waals surface area (Å²) in [6.07, 6.45) is 2.67. The van der Waals surface area contributed by atoms with Crippen molar-refractivity contribution in [3.8, 4) is 0 Å². The smallest absolute Gasteiger partial charge is 0.255 e. The summed E-state index contributed by atoms with van der Waals surface area (Å²) in [6, 6.07) is 1.70. The van der Waals surface area contributed by atoms with Gasteiger partial charge in [-0.25, -0.2) is 0 Å². The van der Waals surface area contributed by atoms with Gasteiger partial charge in [-0.3, -0.25) is 14.3 Å². The van der Waals surface area contributed by atoms with Crippen molar-refractivity contribution in [3.05, 3.63) is 39.8 Å². The minimum atomic E-state index is -0.173. The molecule has 3 heterocycles. The molecule has 0 saturated carbocycles. The molecule has 0 unspecified atom stereocenters. The van der Waals surface area contributed by atoms with Crippen LogP contribution in [-0.4, -0.2) is 27.6 Å². The number of rotatable bonds is 4. The van der Waals surface area contributed by atoms with Gasteiger partial charge in [-0.15, -0.1) is 0 Å². The van der Waals surface area contributed by atoms with Gasteiger partial charge in [0.1, 0.15) is 0 Å². The van der Waals surface area contributed by atoms with Crippen LogP contribution in [0.4, 0.5) is 0 Å². The van der Waals surface area contributed by atoms with Gasteiger partial charge in [0.2, 0.25) is 5.91 Å². The van der Waals surface area contributed by atoms with Crippen LogP contribution in [0.15, 0.2) is 23.0 Å². The van der Waals surface area contributed by atoms with E-state index in [2.05, 4.69) is 15.7 Å². The Labute approximate surface area is 138 Å². The molecule has 0 aromatic carbocycles. The first-order valence-corrected chi connectivity index (χ1v) is 8.69. The van der Waals surface area contributed by atoms with Crippen molar-refractivity contribution in [2.75, 3.05) is 0 Å². The molecule has 1 saturated heterocycles. The minimum Gasteiger partial charge on any atom is -0.347 e. The molecule has 6 nitrogen and oxygen atoms in total. The van der Waals surface area contributed by atoms with Gasteiger partial charge in [-0.1, -0.05) is 0 Å². The molecule has 1 aliphatic heterocycles. The Balaban J connectivity index is 1.78. The first kappa shape index (κ1) is 15.7. The molecule has 0 bridgehead atoms. The van der Waals surface area contributed by atoms with Gasteiger partial charge < -0.3 is 10.6 Å². The van der Waals surface area contributed by atoms with Crippen molar-refractivity contribution in [3.63, 3.8) is 0 Å². The lowest BCUT2D eigenvalue weighted by Crippen LogP contribution is -2.50. The second-order valence-corrected chi connectivity index (χ2v) is 6.46. The highest BCUT2D eigenvalue weighted by molar-refractivity contribution is 7.08. The molecule has 0 aliphatic carbocycles. The summed E-state index contributed by atoms with van der Waals surface area (Å²) in [6.45, 7) is 4.62. The molecule has 0 radical (unpaired) electrons. The Bertz CT molecular complexity index is 708. The lowest BCUT2D eigenvalue weighted by molar-refractivity contribution is -0.123. The maximum atomic E-state index is 12.6. The van der Waals surface area contributed by atoms with E-state index in [1.54, 1.807) is 22.2 Å². The highest BCUT2D eigenvalue weighted by atomic mass is 32.1. The van der Waals surface area contributed by atoms with Crippen LogP contribution in [0.2, 0.25) is 0 Å². The summed E-state index contributed by atoms with van der Waals surface area (Å²) < 4.78 is 1.80. The van der Waals surface area contributed by atoms with Crippen molar-refractivity contribution in [1.29, 1.82) is 0 Å². The number of aromatic nitrogens is 2. The Morgan fingerprint density at radius 2 is 2.39 bits per heavy atom. The number of hydrogen-bond donors (Lipinski definition) is 2. The first-order chi connectivity index (χ1) is 11.1. The highest BCUT2D eigenvalue weighted by Gasteiger charge is 2.32. The monoisotopic (exact) mass is 332 g/mol. The molecular formula is C16H20N4O2S. The molecule has 3 rings (SSSR count). The molecule has 1 fully saturated rings. The lowest BCUT2D eigenvalue weighted by atomic mass is 9.93. The van der Waals surface area contributed by atoms with E-state index in [0.29, 0.717) is 18.4 Å². The van der Waals surface area contributed by atoms with Crippen LogP contribution >= 0.6 is 11.3 Å². The zero-order valence-corrected chi connectivity index (χ0v) is 14.0. The number of aryl methyl sites for hydroxylation is 1. The number of carbonyl (C=O) groups excluding carboxylic acids is 2. The summed E-state index contributed by atoms with van der Waals surface area (Å²) in [4.78, 5) is 24.3. The minimum absolute atomic E-state index is 0.0293. The van der Waals surface area contributed by atoms with Crippen LogP contribution in [0.25, 0.3) is 0 Å². The van der Waals surface area contributed by atoms with Gasteiger partial charge in [0.15, 0.2) is 0 Å². The van der Waals surface area contributed by atoms with Gasteiger partial charge in [0.05, 0.1) is 23.8 Å². The van der Waals surface area contributed by atoms with Crippen LogP contribution in [0, 0.1) is 6.92 Å². The average Bonchev–Trinajstić information content (AvgIpc) is 3.18. The summed E-state index contributed by atoms with van der Waals surface area (Å²) in [5.74, 6) is -0.106. The molecular weight excluding hydrogens is 312 g/mol. The molecule has 2 aromatic rings. The number of piperidine rings is 1. The lowest BCUT2D eigenvalue weighted by Gasteiger charge is -2.32. The summed E-state index contributed by atoms with van der Waals surface area (Å²) in [7, 11) is 0. The Hall–Kier alpha value is -2.15. The standard InChI is InChI=1S/C16H20N4O2S/c1-3-20-10(2)12(8-17-20)16(22)18-13-4-5-14(21)19-15(13)11-6-7-23-9-11/h6-9,13,15H,3-5H2,1-2H3,(H,18,22)(H,19,21)/t13-,15+/m1/s1. The Morgan fingerprint density at radius 3 is 3.04 bits per heavy atom. The van der Waals surface area contributed by atoms with Crippen molar-refractivity contribution in [1.82, 2.24) is 20.4 Å². The zero-order chi connectivity index (χ0) is 16.4. The number of thiophene rings is 1. The zero-order valence-electron chi connectivity index (χ0n) is 13.2. The second-order valence-electron chi connectivity index (χ2n) is 5.68. The maximum absolute atomic E-state index is 12.6. The maximum Gasteiger partial charge on any atom is 0.255 e. The van der Waals surface area contributed by atoms with E-state index in [4.69, 9.17) is 0 Å². The van der Waals surface area contributed by atoms with Crippen LogP contribution in [-0.2, 0) is 11.3 Å². The molecule has 23 heavy (non-hydrogen) atoms. The molecule has 2 atom stereocenters. The fraction of sp³-hybridized carbons (Fsp3) is 0.438. The van der Waals surface area contributed by atoms with Crippen LogP contribution < -0.4 is 10.6 Å². The van der Waals surface area contributed by atoms with E-state index in [-0.39, 0.29) is 23.9 Å². The second kappa shape index (κ2) is 6.54. The summed E-state index contributed by atoms with van der Waals surface area (Å²) in [5.41, 5.74) is 2.49. The number of carbonyl (C=O) groups is 2. The molecule has 2 N–H and O–H groups in total. The first-order valence-electron chi connectivity index (χ1n) is 7.75. The third-order valence-electron chi connectivity index (χ3n) is 4.27. The fourth-order valence-electron chi connectivity index (χ4n) is 2.96. The Kier molecular flexibility index (Phi) is 4.47. The molecule has 2 aromatic heterocycles. The molecule has 122 valence electrons. The fourth-order valence-corrected chi connectivity index (χ4v) is 3.65. The molecule has 2 amide bonds. The van der Waals surface area contributed by atoms with E-state index >= 15 is 0 Å². The molecule has 7 heteroatoms. The quantitative estimate of drug-likeness (QED) is 0.899. The van der Waals surface area contributed by atoms with Crippen molar-refractivity contribution >= 4 is 23.2 Å². The Morgan fingerprint density at radius 1 is 1.57 bits per heavy atom. The van der Waals surface area contributed by atoms with E-state index < -0.39 is 0 Å². The number of nitrogens with zero attached hydrogens (tertiary/aromatic N) is 2. The van der Waals surface area contributed by atoms with Crippen LogP contribution in [0.1, 0.15) is 47.4 Å². The van der Waals surface area contributed by atoms with Crippen molar-refractivity contribution in [2.24, 2.45) is 0 Å². The number of amides is 2. The van der Waals surface area contributed by atoms with Crippen LogP contribution in [0.3, 0.4) is 0 Å². The van der Waals surface area contributed by atoms with E-state index in [1.165, 1.54) is 0 Å². The van der Waals surface area contributed by atoms with Gasteiger partial charge in [0.25, 0.3) is 5.91 Å². The van der Waals surface area contributed by atoms with Crippen LogP contribution in [0.5, 0.6) is 0 Å². The molecule has 0 spiro atoms. The number of hydrogen-bond acceptors (Lipinski definition) is 4. The van der Waals surface area contributed by atoms with E-state index in [9.17, 15) is 9.59 Å². The van der Waals surface area contributed by atoms with E-state index in [1.807, 2.05) is 30.7 Å². The van der Waals surface area contributed by atoms with Gasteiger partial charge in [-0.2, -0.15) is 16.4 Å². The van der Waals surface area contributed by atoms with Gasteiger partial charge in [-0.05, 0) is 42.7 Å². The van der Waals surface area contributed by atoms with Gasteiger partial charge in [0, 0.05) is 18.7 Å². The van der Waals surface area contributed by atoms with E-state index in [0.717, 1.165) is 17.8 Å². The predicted molar refractivity (Wildman–Crippen MR) is 88.3 cm³/mol. The normalized spacial score (nSPS) is 21.0. The largest absolute Gasteiger partial charge is 0.347 e. The average molecular weight is 332 g/mol.